The molecular weight excluding hydrogens is 368 g/mol. The third-order valence-electron chi connectivity index (χ3n) is 7.15. The van der Waals surface area contributed by atoms with Gasteiger partial charge in [-0.2, -0.15) is 0 Å². The van der Waals surface area contributed by atoms with E-state index in [1.54, 1.807) is 0 Å². The minimum atomic E-state index is -0.255. The lowest BCUT2D eigenvalue weighted by molar-refractivity contribution is -0.146. The van der Waals surface area contributed by atoms with Crippen LogP contribution in [0, 0.1) is 0 Å². The van der Waals surface area contributed by atoms with Crippen LogP contribution in [-0.4, -0.2) is 68.0 Å². The zero-order chi connectivity index (χ0) is 19.6. The average Bonchev–Trinajstić information content (AvgIpc) is 3.07. The fourth-order valence-electron chi connectivity index (χ4n) is 5.30. The Hall–Kier alpha value is -1.63. The first-order chi connectivity index (χ1) is 14.3. The highest BCUT2D eigenvalue weighted by atomic mass is 16.5. The van der Waals surface area contributed by atoms with Crippen molar-refractivity contribution in [3.05, 3.63) is 29.8 Å². The summed E-state index contributed by atoms with van der Waals surface area (Å²) < 4.78 is 18.0. The molecule has 0 radical (unpaired) electrons. The highest BCUT2D eigenvalue weighted by molar-refractivity contribution is 5.81. The molecule has 5 aliphatic rings. The van der Waals surface area contributed by atoms with Gasteiger partial charge in [0.05, 0.1) is 25.4 Å². The predicted octanol–water partition coefficient (Wildman–Crippen LogP) is 2.47. The van der Waals surface area contributed by atoms with E-state index in [4.69, 9.17) is 14.2 Å². The second-order valence-corrected chi connectivity index (χ2v) is 8.85. The predicted molar refractivity (Wildman–Crippen MR) is 109 cm³/mol. The van der Waals surface area contributed by atoms with Gasteiger partial charge in [-0.05, 0) is 49.7 Å². The molecule has 3 atom stereocenters. The smallest absolute Gasteiger partial charge is 0.249 e. The first-order valence-corrected chi connectivity index (χ1v) is 11.3. The first-order valence-electron chi connectivity index (χ1n) is 11.3. The third kappa shape index (κ3) is 4.16. The normalized spacial score (nSPS) is 35.1. The Bertz CT molecular complexity index is 715. The zero-order valence-electron chi connectivity index (χ0n) is 17.1. The fraction of sp³-hybridized carbons (Fsp3) is 0.696. The van der Waals surface area contributed by atoms with Crippen LogP contribution < -0.4 is 10.1 Å². The number of hydrogen-bond donors (Lipinski definition) is 1. The van der Waals surface area contributed by atoms with Gasteiger partial charge in [0.1, 0.15) is 18.5 Å². The van der Waals surface area contributed by atoms with Crippen molar-refractivity contribution in [1.82, 2.24) is 10.2 Å². The van der Waals surface area contributed by atoms with Gasteiger partial charge in [-0.3, -0.25) is 9.69 Å². The van der Waals surface area contributed by atoms with Crippen molar-refractivity contribution in [2.45, 2.75) is 68.7 Å². The van der Waals surface area contributed by atoms with E-state index >= 15 is 0 Å². The van der Waals surface area contributed by atoms with Crippen molar-refractivity contribution in [3.63, 3.8) is 0 Å². The summed E-state index contributed by atoms with van der Waals surface area (Å²) in [6, 6.07) is 8.86. The molecule has 2 bridgehead atoms. The summed E-state index contributed by atoms with van der Waals surface area (Å²) in [4.78, 5) is 14.9. The molecule has 1 aromatic carbocycles. The molecule has 1 aromatic rings. The number of fused-ring (bicyclic) bond motifs is 5. The van der Waals surface area contributed by atoms with E-state index in [1.165, 1.54) is 5.56 Å². The summed E-state index contributed by atoms with van der Waals surface area (Å²) in [5.74, 6) is 1.65. The molecule has 1 amide bonds. The number of carbonyl (C=O) groups excluding carboxylic acids is 1. The number of amides is 1. The van der Waals surface area contributed by atoms with Gasteiger partial charge in [0.15, 0.2) is 0 Å². The van der Waals surface area contributed by atoms with E-state index < -0.39 is 0 Å². The zero-order valence-corrected chi connectivity index (χ0v) is 17.1. The van der Waals surface area contributed by atoms with Crippen LogP contribution in [0.25, 0.3) is 0 Å². The minimum Gasteiger partial charge on any atom is -0.492 e. The van der Waals surface area contributed by atoms with Crippen LogP contribution in [0.15, 0.2) is 24.3 Å². The van der Waals surface area contributed by atoms with Crippen molar-refractivity contribution in [2.75, 3.05) is 32.9 Å². The fourth-order valence-corrected chi connectivity index (χ4v) is 5.30. The van der Waals surface area contributed by atoms with Crippen molar-refractivity contribution < 1.29 is 19.0 Å². The average molecular weight is 401 g/mol. The summed E-state index contributed by atoms with van der Waals surface area (Å²) >= 11 is 0. The van der Waals surface area contributed by atoms with Gasteiger partial charge in [0.25, 0.3) is 0 Å². The molecule has 6 heteroatoms. The Morgan fingerprint density at radius 1 is 0.966 bits per heavy atom. The van der Waals surface area contributed by atoms with Crippen molar-refractivity contribution in [2.24, 2.45) is 0 Å². The van der Waals surface area contributed by atoms with Crippen LogP contribution in [0.4, 0.5) is 0 Å². The number of nitrogens with zero attached hydrogens (tertiary/aromatic N) is 1. The maximum Gasteiger partial charge on any atom is 0.249 e. The lowest BCUT2D eigenvalue weighted by atomic mass is 9.82. The highest BCUT2D eigenvalue weighted by Gasteiger charge is 2.38. The summed E-state index contributed by atoms with van der Waals surface area (Å²) in [5, 5.41) is 3.24. The molecule has 0 spiro atoms. The topological polar surface area (TPSA) is 60.0 Å². The Balaban J connectivity index is 1.30. The maximum absolute atomic E-state index is 12.4. The monoisotopic (exact) mass is 400 g/mol. The van der Waals surface area contributed by atoms with Crippen LogP contribution in [0.3, 0.4) is 0 Å². The van der Waals surface area contributed by atoms with Crippen LogP contribution in [0.5, 0.6) is 5.75 Å². The van der Waals surface area contributed by atoms with Crippen molar-refractivity contribution >= 4 is 5.91 Å². The molecule has 4 aliphatic heterocycles. The third-order valence-corrected chi connectivity index (χ3v) is 7.15. The van der Waals surface area contributed by atoms with Gasteiger partial charge in [-0.15, -0.1) is 0 Å². The quantitative estimate of drug-likeness (QED) is 0.827. The number of rotatable bonds is 2. The Morgan fingerprint density at radius 2 is 1.79 bits per heavy atom. The molecule has 6 nitrogen and oxygen atoms in total. The molecule has 0 aromatic heterocycles. The second kappa shape index (κ2) is 8.62. The van der Waals surface area contributed by atoms with Gasteiger partial charge < -0.3 is 19.5 Å². The standard InChI is InChI=1S/C23H32N2O4/c26-23(22-10-13-27-22)24-19-9-11-25-12-14-28-21-4-2-1-3-18(21)16-5-7-17(8-6-16)29-15-20(19)25/h1-4,16-17,19-20,22H,5-15H2,(H,24,26)/t16?,17?,19-,20?,22?/m0/s1. The summed E-state index contributed by atoms with van der Waals surface area (Å²) in [6.45, 7) is 3.85. The molecule has 1 aliphatic carbocycles. The molecule has 2 saturated heterocycles. The van der Waals surface area contributed by atoms with Crippen LogP contribution in [0.2, 0.25) is 0 Å². The first kappa shape index (κ1) is 19.3. The number of nitrogens with one attached hydrogen (secondary N) is 1. The second-order valence-electron chi connectivity index (χ2n) is 8.85. The molecule has 1 saturated carbocycles. The van der Waals surface area contributed by atoms with Gasteiger partial charge >= 0.3 is 0 Å². The molecule has 2 unspecified atom stereocenters. The van der Waals surface area contributed by atoms with E-state index in [9.17, 15) is 4.79 Å². The van der Waals surface area contributed by atoms with E-state index in [0.717, 1.165) is 57.4 Å². The van der Waals surface area contributed by atoms with Crippen LogP contribution in [0.1, 0.15) is 50.0 Å². The Labute approximate surface area is 172 Å². The molecule has 1 N–H and O–H groups in total. The Kier molecular flexibility index (Phi) is 5.75. The van der Waals surface area contributed by atoms with E-state index in [-0.39, 0.29) is 24.1 Å². The van der Waals surface area contributed by atoms with Gasteiger partial charge in [-0.25, -0.2) is 0 Å². The molecular formula is C23H32N2O4. The molecule has 6 rings (SSSR count). The van der Waals surface area contributed by atoms with Crippen molar-refractivity contribution in [1.29, 1.82) is 0 Å². The van der Waals surface area contributed by atoms with Gasteiger partial charge in [0, 0.05) is 25.6 Å². The Morgan fingerprint density at radius 3 is 2.59 bits per heavy atom. The van der Waals surface area contributed by atoms with Gasteiger partial charge in [0.2, 0.25) is 5.91 Å². The number of hydrogen-bond acceptors (Lipinski definition) is 5. The van der Waals surface area contributed by atoms with Gasteiger partial charge in [-0.1, -0.05) is 18.2 Å². The maximum atomic E-state index is 12.4. The molecule has 3 fully saturated rings. The number of para-hydroxylation sites is 1. The molecule has 29 heavy (non-hydrogen) atoms. The summed E-state index contributed by atoms with van der Waals surface area (Å²) in [5.41, 5.74) is 1.36. The summed E-state index contributed by atoms with van der Waals surface area (Å²) in [6.07, 6.45) is 6.35. The molecule has 4 heterocycles. The minimum absolute atomic E-state index is 0.0386. The SMILES string of the molecule is O=C(N[C@H]1CCN2CCOc3ccccc3C3CCC(CC3)OCC12)C1CCO1. The van der Waals surface area contributed by atoms with Crippen LogP contribution in [-0.2, 0) is 14.3 Å². The highest BCUT2D eigenvalue weighted by Crippen LogP contribution is 2.38. The number of carbonyl (C=O) groups is 1. The van der Waals surface area contributed by atoms with E-state index in [1.807, 2.05) is 0 Å². The largest absolute Gasteiger partial charge is 0.492 e. The van der Waals surface area contributed by atoms with E-state index in [0.29, 0.717) is 31.8 Å². The van der Waals surface area contributed by atoms with Crippen molar-refractivity contribution in [3.8, 4) is 5.75 Å². The van der Waals surface area contributed by atoms with E-state index in [2.05, 4.69) is 34.5 Å². The molecule has 158 valence electrons. The number of ether oxygens (including phenoxy) is 3. The lowest BCUT2D eigenvalue weighted by Crippen LogP contribution is -2.53. The number of benzene rings is 1. The lowest BCUT2D eigenvalue weighted by Gasteiger charge is -2.33. The summed E-state index contributed by atoms with van der Waals surface area (Å²) in [7, 11) is 0. The van der Waals surface area contributed by atoms with Crippen LogP contribution >= 0.6 is 0 Å².